The van der Waals surface area contributed by atoms with E-state index in [9.17, 15) is 9.36 Å². The monoisotopic (exact) mass is 1210 g/mol. The number of hydrogen-bond donors (Lipinski definition) is 4. The minimum atomic E-state index is -4.69. The minimum Gasteiger partial charge on any atom is -0.397 e. The Bertz CT molecular complexity index is 3670. The highest BCUT2D eigenvalue weighted by Crippen LogP contribution is 2.65. The van der Waals surface area contributed by atoms with Gasteiger partial charge >= 0.3 is 6.80 Å². The quantitative estimate of drug-likeness (QED) is 0.0419. The van der Waals surface area contributed by atoms with Gasteiger partial charge in [-0.2, -0.15) is 0 Å². The first kappa shape index (κ1) is 58.0. The maximum absolute atomic E-state index is 17.0. The van der Waals surface area contributed by atoms with Crippen molar-refractivity contribution in [3.05, 3.63) is 132 Å². The lowest BCUT2D eigenvalue weighted by Gasteiger charge is -2.30. The maximum Gasteiger partial charge on any atom is 0.389 e. The van der Waals surface area contributed by atoms with Gasteiger partial charge in [-0.1, -0.05) is 73.7 Å². The van der Waals surface area contributed by atoms with E-state index >= 15 is 13.3 Å². The van der Waals surface area contributed by atoms with E-state index in [0.29, 0.717) is 58.1 Å². The van der Waals surface area contributed by atoms with Crippen molar-refractivity contribution in [2.75, 3.05) is 69.2 Å². The molecular weight excluding hydrogens is 1150 g/mol. The largest absolute Gasteiger partial charge is 0.397 e. The highest BCUT2D eigenvalue weighted by Gasteiger charge is 2.55. The second-order valence-corrected chi connectivity index (χ2v) is 25.6. The Morgan fingerprint density at radius 2 is 1.40 bits per heavy atom. The summed E-state index contributed by atoms with van der Waals surface area (Å²) < 4.78 is 119. The van der Waals surface area contributed by atoms with E-state index in [1.807, 2.05) is 77.5 Å². The van der Waals surface area contributed by atoms with Crippen LogP contribution in [0.4, 0.5) is 26.0 Å². The smallest absolute Gasteiger partial charge is 0.389 e. The first-order valence-electron chi connectivity index (χ1n) is 27.0. The summed E-state index contributed by atoms with van der Waals surface area (Å²) >= 11 is 0.748. The van der Waals surface area contributed by atoms with E-state index in [0.717, 1.165) is 50.7 Å². The molecule has 3 saturated heterocycles. The fraction of sp³-hybridized carbons (Fsp3) is 0.396. The summed E-state index contributed by atoms with van der Waals surface area (Å²) in [5.74, 6) is 0.106. The predicted molar refractivity (Wildman–Crippen MR) is 305 cm³/mol. The van der Waals surface area contributed by atoms with Gasteiger partial charge in [0.25, 0.3) is 7.47 Å². The number of imidazole rings is 2. The highest BCUT2D eigenvalue weighted by molar-refractivity contribution is 8.54. The van der Waals surface area contributed by atoms with Crippen LogP contribution in [0.15, 0.2) is 104 Å². The van der Waals surface area contributed by atoms with Crippen molar-refractivity contribution in [2.45, 2.75) is 81.5 Å². The van der Waals surface area contributed by atoms with Gasteiger partial charge < -0.3 is 54.5 Å². The third-order valence-corrected chi connectivity index (χ3v) is 19.4. The summed E-state index contributed by atoms with van der Waals surface area (Å²) in [6.07, 6.45) is -7.99. The van der Waals surface area contributed by atoms with Crippen molar-refractivity contribution in [3.63, 3.8) is 0 Å². The van der Waals surface area contributed by atoms with Crippen LogP contribution in [-0.2, 0) is 74.6 Å². The number of amides is 1. The molecule has 0 aliphatic carbocycles. The number of rotatable bonds is 17. The number of nitrogens with one attached hydrogen (secondary N) is 2. The van der Waals surface area contributed by atoms with Gasteiger partial charge in [0.1, 0.15) is 41.8 Å². The molecule has 31 heteroatoms. The summed E-state index contributed by atoms with van der Waals surface area (Å²) in [5.41, 5.74) is 27.0. The van der Waals surface area contributed by atoms with Crippen LogP contribution in [0.25, 0.3) is 33.7 Å². The second kappa shape index (κ2) is 24.9. The maximum atomic E-state index is 17.0. The average molecular weight is 1210 g/mol. The van der Waals surface area contributed by atoms with E-state index in [4.69, 9.17) is 60.8 Å². The summed E-state index contributed by atoms with van der Waals surface area (Å²) in [6.45, 7) is -1.05. The number of aromatic nitrogens is 7. The van der Waals surface area contributed by atoms with Crippen LogP contribution in [-0.4, -0.2) is 142 Å². The van der Waals surface area contributed by atoms with Crippen molar-refractivity contribution >= 4 is 90.0 Å². The van der Waals surface area contributed by atoms with Gasteiger partial charge in [-0.05, 0) is 40.2 Å². The number of pyridine rings is 1. The first-order chi connectivity index (χ1) is 40.8. The van der Waals surface area contributed by atoms with Crippen molar-refractivity contribution in [2.24, 2.45) is 0 Å². The number of nitrogens with two attached hydrogens (primary N) is 2. The Hall–Kier alpha value is -6.43. The van der Waals surface area contributed by atoms with E-state index in [1.54, 1.807) is 0 Å². The zero-order valence-corrected chi connectivity index (χ0v) is 47.7. The number of hydrogen-bond acceptors (Lipinski definition) is 23. The molecule has 25 nitrogen and oxygen atoms in total. The Balaban J connectivity index is 0.653. The van der Waals surface area contributed by atoms with Crippen LogP contribution in [0.2, 0.25) is 0 Å². The molecule has 3 fully saturated rings. The van der Waals surface area contributed by atoms with E-state index in [1.165, 1.54) is 40.4 Å². The molecule has 5 aliphatic heterocycles. The van der Waals surface area contributed by atoms with Crippen LogP contribution in [0.1, 0.15) is 53.6 Å². The molecule has 2 radical (unpaired) electrons. The standard InChI is InChI=1S/C53H58BF2N13O12P2S/c1-2-40(70)66-23-33-7-3-4-8-34(33)43-46(35-9-5-6-10-37(35)66)69(65-64-43)17-18-73-19-20-74-21-22-75-24-31-11-13-32(14-12-31)27-84-83(72)77-26-39-47(41(55)52(79-39)68-30-63-45-49(58)60-28-61-51(45)68)80-82(54,71)76-25-38-48(81-83)42(56)53(78-38)67-29-62-44-36(57)15-16-59-50(44)67/h3-16,28-30,38-39,41-42,47-48,52-53,64-65H,2,17-27H2,1H3,(H2,57,59)(H2,58,60,61)/t38-,39-,41-,42-,47-,48-,52-,53-,82+,83-/m1/s1. The molecule has 3 aromatic carbocycles. The molecule has 0 bridgehead atoms. The lowest BCUT2D eigenvalue weighted by molar-refractivity contribution is -0.118. The number of para-hydroxylation sites is 1. The van der Waals surface area contributed by atoms with Gasteiger partial charge in [-0.3, -0.25) is 32.6 Å². The number of fused-ring (bicyclic) bond motifs is 8. The fourth-order valence-corrected chi connectivity index (χ4v) is 14.9. The number of hydrazine groups is 2. The van der Waals surface area contributed by atoms with Gasteiger partial charge in [0.2, 0.25) is 13.5 Å². The van der Waals surface area contributed by atoms with Crippen LogP contribution < -0.4 is 27.3 Å². The SMILES string of the molecule is [B][P@]1(=O)OC[C@H]2O[C@@H](n3cnc4c(N)ccnc43)[C@H](F)[C@@H]2O[P@](=O)(SCc2ccc(COCCOCCOCCN3NNC4=C3c3ccccc3N(C(=O)CC)Cc3ccccc34)cc2)OC[C@H]2O[C@@H](n3cnc4c(N)ncnc43)[C@H](F)[C@@H]2O1. The molecule has 4 aromatic heterocycles. The normalized spacial score (nSPS) is 27.0. The number of anilines is 3. The average Bonchev–Trinajstić information content (AvgIpc) is 2.24. The zero-order valence-electron chi connectivity index (χ0n) is 45.1. The summed E-state index contributed by atoms with van der Waals surface area (Å²) in [4.78, 5) is 36.0. The summed E-state index contributed by atoms with van der Waals surface area (Å²) in [5, 5.41) is 2.00. The number of ether oxygens (including phenoxy) is 5. The van der Waals surface area contributed by atoms with Crippen molar-refractivity contribution < 1.29 is 64.5 Å². The molecule has 7 aromatic rings. The number of carbonyl (C=O) groups is 1. The Morgan fingerprint density at radius 3 is 2.15 bits per heavy atom. The molecule has 84 heavy (non-hydrogen) atoms. The Morgan fingerprint density at radius 1 is 0.762 bits per heavy atom. The molecule has 10 atom stereocenters. The van der Waals surface area contributed by atoms with Gasteiger partial charge in [-0.15, -0.1) is 5.53 Å². The third-order valence-electron chi connectivity index (χ3n) is 14.7. The van der Waals surface area contributed by atoms with Crippen LogP contribution >= 0.6 is 25.7 Å². The molecule has 5 aliphatic rings. The van der Waals surface area contributed by atoms with Gasteiger partial charge in [0.15, 0.2) is 41.9 Å². The fourth-order valence-electron chi connectivity index (χ4n) is 10.5. The van der Waals surface area contributed by atoms with Gasteiger partial charge in [-0.25, -0.2) is 38.3 Å². The number of benzene rings is 3. The van der Waals surface area contributed by atoms with E-state index in [2.05, 4.69) is 48.0 Å². The number of alkyl halides is 2. The van der Waals surface area contributed by atoms with Crippen LogP contribution in [0.3, 0.4) is 0 Å². The molecule has 1 amide bonds. The number of nitrogen functional groups attached to an aromatic ring is 2. The van der Waals surface area contributed by atoms with Crippen LogP contribution in [0.5, 0.6) is 0 Å². The first-order valence-corrected chi connectivity index (χ1v) is 31.7. The Labute approximate surface area is 485 Å². The number of halogens is 2. The molecule has 12 rings (SSSR count). The third kappa shape index (κ3) is 11.9. The molecule has 0 unspecified atom stereocenters. The van der Waals surface area contributed by atoms with Crippen molar-refractivity contribution in [1.82, 2.24) is 50.0 Å². The molecule has 9 heterocycles. The molecule has 440 valence electrons. The highest BCUT2D eigenvalue weighted by atomic mass is 32.7. The minimum absolute atomic E-state index is 0.0309. The van der Waals surface area contributed by atoms with Crippen molar-refractivity contribution in [3.8, 4) is 0 Å². The van der Waals surface area contributed by atoms with Crippen molar-refractivity contribution in [1.29, 1.82) is 0 Å². The summed E-state index contributed by atoms with van der Waals surface area (Å²) in [6, 6.07) is 24.9. The molecular formula is C53H58BF2N13O12P2S. The molecule has 0 spiro atoms. The van der Waals surface area contributed by atoms with Gasteiger partial charge in [0, 0.05) is 29.5 Å². The van der Waals surface area contributed by atoms with E-state index in [-0.39, 0.29) is 52.1 Å². The number of carbonyl (C=O) groups excluding carboxylic acids is 1. The lowest BCUT2D eigenvalue weighted by atomic mass is 9.96. The lowest BCUT2D eigenvalue weighted by Crippen LogP contribution is -2.39. The molecule has 0 saturated carbocycles. The molecule has 6 N–H and O–H groups in total. The summed E-state index contributed by atoms with van der Waals surface area (Å²) in [7, 11) is 1.38. The Kier molecular flexibility index (Phi) is 17.2. The van der Waals surface area contributed by atoms with E-state index < -0.39 is 76.7 Å². The zero-order chi connectivity index (χ0) is 58.1. The van der Waals surface area contributed by atoms with Gasteiger partial charge in [0.05, 0.1) is 101 Å². The second-order valence-electron chi connectivity index (χ2n) is 20.0. The predicted octanol–water partition coefficient (Wildman–Crippen LogP) is 6.70. The topological polar surface area (TPSA) is 291 Å². The van der Waals surface area contributed by atoms with Crippen LogP contribution in [0, 0.1) is 0 Å². The number of nitrogens with zero attached hydrogens (tertiary/aromatic N) is 9.